The van der Waals surface area contributed by atoms with Gasteiger partial charge in [0, 0.05) is 12.6 Å². The number of hydrogen-bond donors (Lipinski definition) is 2. The smallest absolute Gasteiger partial charge is 0.407 e. The molecule has 0 bridgehead atoms. The molecule has 0 spiro atoms. The van der Waals surface area contributed by atoms with Crippen LogP contribution < -0.4 is 0 Å². The Bertz CT molecular complexity index is 403. The number of benzene rings is 1. The van der Waals surface area contributed by atoms with Crippen molar-refractivity contribution >= 4 is 6.09 Å². The molecule has 1 amide bonds. The number of fused-ring (bicyclic) bond motifs is 1. The monoisotopic (exact) mass is 207 g/mol. The Morgan fingerprint density at radius 3 is 2.87 bits per heavy atom. The highest BCUT2D eigenvalue weighted by Gasteiger charge is 2.26. The van der Waals surface area contributed by atoms with Crippen LogP contribution in [-0.4, -0.2) is 27.2 Å². The largest absolute Gasteiger partial charge is 0.508 e. The fraction of sp³-hybridized carbons (Fsp3) is 0.364. The Hall–Kier alpha value is -1.71. The van der Waals surface area contributed by atoms with Gasteiger partial charge in [0.1, 0.15) is 5.75 Å². The van der Waals surface area contributed by atoms with E-state index in [-0.39, 0.29) is 11.8 Å². The van der Waals surface area contributed by atoms with Gasteiger partial charge in [0.05, 0.1) is 0 Å². The maximum Gasteiger partial charge on any atom is 0.407 e. The van der Waals surface area contributed by atoms with Gasteiger partial charge >= 0.3 is 6.09 Å². The van der Waals surface area contributed by atoms with Crippen molar-refractivity contribution in [2.24, 2.45) is 0 Å². The molecule has 0 aromatic heterocycles. The summed E-state index contributed by atoms with van der Waals surface area (Å²) in [5.41, 5.74) is 2.02. The maximum absolute atomic E-state index is 10.9. The topological polar surface area (TPSA) is 60.8 Å². The van der Waals surface area contributed by atoms with Crippen molar-refractivity contribution in [3.8, 4) is 5.75 Å². The van der Waals surface area contributed by atoms with Crippen LogP contribution in [-0.2, 0) is 13.0 Å². The van der Waals surface area contributed by atoms with Crippen LogP contribution in [0.2, 0.25) is 0 Å². The number of phenolic OH excluding ortho intramolecular Hbond substituents is 1. The van der Waals surface area contributed by atoms with E-state index in [1.54, 1.807) is 12.1 Å². The molecule has 4 nitrogen and oxygen atoms in total. The number of carbonyl (C=O) groups is 1. The summed E-state index contributed by atoms with van der Waals surface area (Å²) >= 11 is 0. The first-order valence-electron chi connectivity index (χ1n) is 4.88. The molecule has 0 radical (unpaired) electrons. The second-order valence-electron chi connectivity index (χ2n) is 3.92. The molecule has 80 valence electrons. The third-order valence-corrected chi connectivity index (χ3v) is 2.82. The predicted molar refractivity (Wildman–Crippen MR) is 54.8 cm³/mol. The van der Waals surface area contributed by atoms with Crippen molar-refractivity contribution in [2.45, 2.75) is 25.9 Å². The van der Waals surface area contributed by atoms with Crippen LogP contribution in [0.1, 0.15) is 18.1 Å². The Labute approximate surface area is 87.8 Å². The molecular weight excluding hydrogens is 194 g/mol. The Kier molecular flexibility index (Phi) is 2.26. The van der Waals surface area contributed by atoms with Gasteiger partial charge in [-0.05, 0) is 36.6 Å². The van der Waals surface area contributed by atoms with E-state index in [4.69, 9.17) is 5.11 Å². The molecular formula is C11H13NO3. The molecule has 1 aromatic carbocycles. The molecule has 0 aliphatic carbocycles. The molecule has 4 heteroatoms. The summed E-state index contributed by atoms with van der Waals surface area (Å²) in [5.74, 6) is 0.189. The lowest BCUT2D eigenvalue weighted by Crippen LogP contribution is -2.41. The molecule has 2 N–H and O–H groups in total. The van der Waals surface area contributed by atoms with Crippen LogP contribution in [0.3, 0.4) is 0 Å². The fourth-order valence-electron chi connectivity index (χ4n) is 1.98. The first kappa shape index (κ1) is 9.83. The van der Waals surface area contributed by atoms with Crippen molar-refractivity contribution in [3.63, 3.8) is 0 Å². The summed E-state index contributed by atoms with van der Waals surface area (Å²) in [6, 6.07) is 5.14. The third-order valence-electron chi connectivity index (χ3n) is 2.82. The zero-order valence-electron chi connectivity index (χ0n) is 8.47. The molecule has 1 heterocycles. The fourth-order valence-corrected chi connectivity index (χ4v) is 1.98. The van der Waals surface area contributed by atoms with Crippen LogP contribution in [0.4, 0.5) is 4.79 Å². The highest BCUT2D eigenvalue weighted by Crippen LogP contribution is 2.26. The van der Waals surface area contributed by atoms with Crippen molar-refractivity contribution in [2.75, 3.05) is 0 Å². The normalized spacial score (nSPS) is 19.8. The van der Waals surface area contributed by atoms with Crippen LogP contribution in [0.25, 0.3) is 0 Å². The number of amides is 1. The number of aromatic hydroxyl groups is 1. The SMILES string of the molecule is CC1Cc2ccc(O)cc2CN1C(=O)O. The molecule has 1 aromatic rings. The van der Waals surface area contributed by atoms with E-state index in [0.29, 0.717) is 13.0 Å². The van der Waals surface area contributed by atoms with E-state index in [2.05, 4.69) is 0 Å². The standard InChI is InChI=1S/C11H13NO3/c1-7-4-8-2-3-10(13)5-9(8)6-12(7)11(14)15/h2-3,5,7,13H,4,6H2,1H3,(H,14,15). The third kappa shape index (κ3) is 1.75. The van der Waals surface area contributed by atoms with Gasteiger partial charge < -0.3 is 15.1 Å². The van der Waals surface area contributed by atoms with E-state index in [0.717, 1.165) is 11.1 Å². The molecule has 15 heavy (non-hydrogen) atoms. The summed E-state index contributed by atoms with van der Waals surface area (Å²) in [5, 5.41) is 18.3. The quantitative estimate of drug-likeness (QED) is 0.682. The number of rotatable bonds is 0. The van der Waals surface area contributed by atoms with Crippen LogP contribution in [0.15, 0.2) is 18.2 Å². The van der Waals surface area contributed by atoms with E-state index < -0.39 is 6.09 Å². The number of nitrogens with zero attached hydrogens (tertiary/aromatic N) is 1. The Morgan fingerprint density at radius 1 is 1.47 bits per heavy atom. The molecule has 0 fully saturated rings. The lowest BCUT2D eigenvalue weighted by Gasteiger charge is -2.32. The summed E-state index contributed by atoms with van der Waals surface area (Å²) in [6.07, 6.45) is -0.196. The highest BCUT2D eigenvalue weighted by molar-refractivity contribution is 5.66. The second-order valence-corrected chi connectivity index (χ2v) is 3.92. The van der Waals surface area contributed by atoms with Crippen molar-refractivity contribution in [1.82, 2.24) is 4.90 Å². The van der Waals surface area contributed by atoms with Crippen LogP contribution >= 0.6 is 0 Å². The molecule has 1 aliphatic heterocycles. The lowest BCUT2D eigenvalue weighted by atomic mass is 9.95. The van der Waals surface area contributed by atoms with E-state index in [1.165, 1.54) is 4.90 Å². The summed E-state index contributed by atoms with van der Waals surface area (Å²) in [4.78, 5) is 12.3. The van der Waals surface area contributed by atoms with Crippen LogP contribution in [0, 0.1) is 0 Å². The Balaban J connectivity index is 2.34. The number of hydrogen-bond acceptors (Lipinski definition) is 2. The number of phenols is 1. The van der Waals surface area contributed by atoms with Crippen molar-refractivity contribution < 1.29 is 15.0 Å². The van der Waals surface area contributed by atoms with Crippen LogP contribution in [0.5, 0.6) is 5.75 Å². The Morgan fingerprint density at radius 2 is 2.20 bits per heavy atom. The van der Waals surface area contributed by atoms with Crippen molar-refractivity contribution in [1.29, 1.82) is 0 Å². The first-order chi connectivity index (χ1) is 7.08. The van der Waals surface area contributed by atoms with Crippen molar-refractivity contribution in [3.05, 3.63) is 29.3 Å². The second kappa shape index (κ2) is 3.46. The minimum Gasteiger partial charge on any atom is -0.508 e. The molecule has 1 atom stereocenters. The minimum atomic E-state index is -0.906. The average molecular weight is 207 g/mol. The highest BCUT2D eigenvalue weighted by atomic mass is 16.4. The van der Waals surface area contributed by atoms with E-state index >= 15 is 0 Å². The molecule has 2 rings (SSSR count). The van der Waals surface area contributed by atoms with E-state index in [9.17, 15) is 9.90 Å². The molecule has 0 saturated heterocycles. The summed E-state index contributed by atoms with van der Waals surface area (Å²) in [6.45, 7) is 2.25. The lowest BCUT2D eigenvalue weighted by molar-refractivity contribution is 0.119. The van der Waals surface area contributed by atoms with Gasteiger partial charge in [0.2, 0.25) is 0 Å². The van der Waals surface area contributed by atoms with Gasteiger partial charge in [-0.2, -0.15) is 0 Å². The van der Waals surface area contributed by atoms with Gasteiger partial charge in [-0.1, -0.05) is 6.07 Å². The average Bonchev–Trinajstić information content (AvgIpc) is 2.17. The van der Waals surface area contributed by atoms with Gasteiger partial charge in [0.25, 0.3) is 0 Å². The molecule has 1 aliphatic rings. The zero-order valence-corrected chi connectivity index (χ0v) is 8.47. The van der Waals surface area contributed by atoms with Gasteiger partial charge in [0.15, 0.2) is 0 Å². The van der Waals surface area contributed by atoms with E-state index in [1.807, 2.05) is 13.0 Å². The predicted octanol–water partition coefficient (Wildman–Crippen LogP) is 1.82. The summed E-state index contributed by atoms with van der Waals surface area (Å²) in [7, 11) is 0. The van der Waals surface area contributed by atoms with Gasteiger partial charge in [-0.15, -0.1) is 0 Å². The van der Waals surface area contributed by atoms with Gasteiger partial charge in [-0.3, -0.25) is 0 Å². The minimum absolute atomic E-state index is 0.000423. The summed E-state index contributed by atoms with van der Waals surface area (Å²) < 4.78 is 0. The van der Waals surface area contributed by atoms with Gasteiger partial charge in [-0.25, -0.2) is 4.79 Å². The molecule has 0 saturated carbocycles. The first-order valence-corrected chi connectivity index (χ1v) is 4.88. The number of carboxylic acid groups (broad SMARTS) is 1. The zero-order chi connectivity index (χ0) is 11.0. The molecule has 1 unspecified atom stereocenters. The maximum atomic E-state index is 10.9.